The van der Waals surface area contributed by atoms with Crippen LogP contribution in [0.3, 0.4) is 0 Å². The third-order valence-corrected chi connectivity index (χ3v) is 7.49. The van der Waals surface area contributed by atoms with Gasteiger partial charge in [0, 0.05) is 56.4 Å². The molecular formula is C24H30N6O2S. The van der Waals surface area contributed by atoms with Crippen LogP contribution in [0.1, 0.15) is 33.7 Å². The number of hydrogen-bond acceptors (Lipinski definition) is 6. The van der Waals surface area contributed by atoms with Crippen molar-refractivity contribution in [3.05, 3.63) is 46.4 Å². The normalized spacial score (nSPS) is 20.4. The SMILES string of the molecule is CN1CCCC(CN2CCN(C(=O)c3cccn4c(C(N)=O)c(-c5ccsc5)nc34)CC2)C1. The highest BCUT2D eigenvalue weighted by Gasteiger charge is 2.28. The third kappa shape index (κ3) is 4.40. The smallest absolute Gasteiger partial charge is 0.268 e. The lowest BCUT2D eigenvalue weighted by Gasteiger charge is -2.38. The van der Waals surface area contributed by atoms with Gasteiger partial charge in [0.1, 0.15) is 11.4 Å². The van der Waals surface area contributed by atoms with Gasteiger partial charge in [-0.3, -0.25) is 18.9 Å². The van der Waals surface area contributed by atoms with Crippen molar-refractivity contribution in [3.63, 3.8) is 0 Å². The molecule has 1 unspecified atom stereocenters. The van der Waals surface area contributed by atoms with Crippen molar-refractivity contribution >= 4 is 28.8 Å². The zero-order valence-electron chi connectivity index (χ0n) is 18.9. The van der Waals surface area contributed by atoms with Crippen LogP contribution < -0.4 is 5.73 Å². The number of imidazole rings is 1. The molecule has 8 nitrogen and oxygen atoms in total. The Bertz CT molecular complexity index is 1150. The van der Waals surface area contributed by atoms with E-state index in [4.69, 9.17) is 10.7 Å². The summed E-state index contributed by atoms with van der Waals surface area (Å²) in [5.41, 5.74) is 8.34. The van der Waals surface area contributed by atoms with E-state index in [2.05, 4.69) is 16.8 Å². The van der Waals surface area contributed by atoms with E-state index in [0.717, 1.165) is 31.7 Å². The molecule has 0 saturated carbocycles. The van der Waals surface area contributed by atoms with Gasteiger partial charge in [-0.25, -0.2) is 4.98 Å². The number of aromatic nitrogens is 2. The first-order valence-corrected chi connectivity index (χ1v) is 12.5. The Hall–Kier alpha value is -2.75. The number of carbonyl (C=O) groups excluding carboxylic acids is 2. The molecule has 2 aliphatic rings. The van der Waals surface area contributed by atoms with E-state index in [1.807, 2.05) is 21.7 Å². The summed E-state index contributed by atoms with van der Waals surface area (Å²) in [7, 11) is 2.20. The van der Waals surface area contributed by atoms with E-state index in [9.17, 15) is 9.59 Å². The molecule has 2 fully saturated rings. The van der Waals surface area contributed by atoms with Gasteiger partial charge in [-0.05, 0) is 55.9 Å². The molecule has 2 amide bonds. The topological polar surface area (TPSA) is 87.2 Å². The van der Waals surface area contributed by atoms with Crippen LogP contribution >= 0.6 is 11.3 Å². The van der Waals surface area contributed by atoms with Crippen LogP contribution in [-0.4, -0.2) is 88.8 Å². The Morgan fingerprint density at radius 2 is 2.00 bits per heavy atom. The fraction of sp³-hybridized carbons (Fsp3) is 0.458. The molecule has 0 radical (unpaired) electrons. The van der Waals surface area contributed by atoms with Gasteiger partial charge in [0.05, 0.1) is 5.56 Å². The van der Waals surface area contributed by atoms with Gasteiger partial charge >= 0.3 is 0 Å². The number of carbonyl (C=O) groups is 2. The van der Waals surface area contributed by atoms with E-state index in [0.29, 0.717) is 41.6 Å². The summed E-state index contributed by atoms with van der Waals surface area (Å²) in [4.78, 5) is 37.2. The van der Waals surface area contributed by atoms with Crippen molar-refractivity contribution in [2.24, 2.45) is 11.7 Å². The average Bonchev–Trinajstić information content (AvgIpc) is 3.47. The Morgan fingerprint density at radius 1 is 1.18 bits per heavy atom. The number of nitrogens with zero attached hydrogens (tertiary/aromatic N) is 5. The van der Waals surface area contributed by atoms with Gasteiger partial charge in [0.25, 0.3) is 11.8 Å². The van der Waals surface area contributed by atoms with E-state index in [-0.39, 0.29) is 5.91 Å². The fourth-order valence-electron chi connectivity index (χ4n) is 5.16. The lowest BCUT2D eigenvalue weighted by atomic mass is 9.97. The summed E-state index contributed by atoms with van der Waals surface area (Å²) in [5.74, 6) is 0.109. The van der Waals surface area contributed by atoms with Crippen molar-refractivity contribution in [3.8, 4) is 11.3 Å². The molecule has 3 aromatic rings. The summed E-state index contributed by atoms with van der Waals surface area (Å²) in [6.07, 6.45) is 4.31. The molecule has 174 valence electrons. The number of nitrogens with two attached hydrogens (primary N) is 1. The van der Waals surface area contributed by atoms with Crippen molar-refractivity contribution in [1.82, 2.24) is 24.1 Å². The lowest BCUT2D eigenvalue weighted by Crippen LogP contribution is -2.51. The highest BCUT2D eigenvalue weighted by atomic mass is 32.1. The number of primary amides is 1. The number of piperazine rings is 1. The second-order valence-electron chi connectivity index (χ2n) is 9.16. The zero-order chi connectivity index (χ0) is 22.9. The molecule has 2 saturated heterocycles. The van der Waals surface area contributed by atoms with Crippen LogP contribution in [0, 0.1) is 5.92 Å². The van der Waals surface area contributed by atoms with Crippen molar-refractivity contribution in [2.45, 2.75) is 12.8 Å². The highest BCUT2D eigenvalue weighted by molar-refractivity contribution is 7.08. The maximum absolute atomic E-state index is 13.5. The Morgan fingerprint density at radius 3 is 2.70 bits per heavy atom. The number of piperidine rings is 1. The summed E-state index contributed by atoms with van der Waals surface area (Å²) in [6, 6.07) is 5.47. The van der Waals surface area contributed by atoms with Crippen LogP contribution in [0.25, 0.3) is 16.9 Å². The van der Waals surface area contributed by atoms with Crippen LogP contribution in [0.2, 0.25) is 0 Å². The zero-order valence-corrected chi connectivity index (χ0v) is 19.8. The summed E-state index contributed by atoms with van der Waals surface area (Å²) in [6.45, 7) is 6.63. The van der Waals surface area contributed by atoms with Gasteiger partial charge < -0.3 is 15.5 Å². The van der Waals surface area contributed by atoms with E-state index in [1.165, 1.54) is 30.7 Å². The Balaban J connectivity index is 1.34. The second kappa shape index (κ2) is 9.24. The van der Waals surface area contributed by atoms with Gasteiger partial charge in [-0.15, -0.1) is 0 Å². The molecule has 2 N–H and O–H groups in total. The molecule has 0 aromatic carbocycles. The molecule has 5 heterocycles. The molecule has 33 heavy (non-hydrogen) atoms. The first-order valence-electron chi connectivity index (χ1n) is 11.5. The lowest BCUT2D eigenvalue weighted by molar-refractivity contribution is 0.0589. The maximum atomic E-state index is 13.5. The summed E-state index contributed by atoms with van der Waals surface area (Å²) in [5, 5.41) is 3.86. The predicted molar refractivity (Wildman–Crippen MR) is 130 cm³/mol. The number of hydrogen-bond donors (Lipinski definition) is 1. The molecule has 1 atom stereocenters. The number of thiophene rings is 1. The van der Waals surface area contributed by atoms with Gasteiger partial charge in [-0.2, -0.15) is 11.3 Å². The molecule has 5 rings (SSSR count). The van der Waals surface area contributed by atoms with E-state index >= 15 is 0 Å². The third-order valence-electron chi connectivity index (χ3n) is 6.81. The van der Waals surface area contributed by atoms with E-state index in [1.54, 1.807) is 22.7 Å². The first-order chi connectivity index (χ1) is 16.0. The number of amides is 2. The molecule has 9 heteroatoms. The van der Waals surface area contributed by atoms with Crippen molar-refractivity contribution < 1.29 is 9.59 Å². The molecule has 0 bridgehead atoms. The number of likely N-dealkylation sites (tertiary alicyclic amines) is 1. The quantitative estimate of drug-likeness (QED) is 0.623. The van der Waals surface area contributed by atoms with Gasteiger partial charge in [-0.1, -0.05) is 0 Å². The predicted octanol–water partition coefficient (Wildman–Crippen LogP) is 2.26. The monoisotopic (exact) mass is 466 g/mol. The second-order valence-corrected chi connectivity index (χ2v) is 9.94. The van der Waals surface area contributed by atoms with Gasteiger partial charge in [0.15, 0.2) is 5.65 Å². The number of pyridine rings is 1. The fourth-order valence-corrected chi connectivity index (χ4v) is 5.80. The summed E-state index contributed by atoms with van der Waals surface area (Å²) >= 11 is 1.53. The number of fused-ring (bicyclic) bond motifs is 1. The van der Waals surface area contributed by atoms with Crippen molar-refractivity contribution in [1.29, 1.82) is 0 Å². The van der Waals surface area contributed by atoms with Crippen LogP contribution in [-0.2, 0) is 0 Å². The van der Waals surface area contributed by atoms with Crippen LogP contribution in [0.4, 0.5) is 0 Å². The standard InChI is InChI=1S/C24H30N6O2S/c1-27-7-2-4-17(14-27)15-28-9-11-29(12-10-28)24(32)19-5-3-8-30-21(22(25)31)20(26-23(19)30)18-6-13-33-16-18/h3,5-6,8,13,16-17H,2,4,7,9-12,14-15H2,1H3,(H2,25,31). The van der Waals surface area contributed by atoms with Gasteiger partial charge in [0.2, 0.25) is 0 Å². The average molecular weight is 467 g/mol. The van der Waals surface area contributed by atoms with Crippen LogP contribution in [0.5, 0.6) is 0 Å². The minimum absolute atomic E-state index is 0.0458. The van der Waals surface area contributed by atoms with Crippen LogP contribution in [0.15, 0.2) is 35.2 Å². The maximum Gasteiger partial charge on any atom is 0.268 e. The molecule has 0 spiro atoms. The largest absolute Gasteiger partial charge is 0.364 e. The minimum atomic E-state index is -0.560. The Kier molecular flexibility index (Phi) is 6.18. The minimum Gasteiger partial charge on any atom is -0.364 e. The van der Waals surface area contributed by atoms with E-state index < -0.39 is 5.91 Å². The molecule has 3 aromatic heterocycles. The molecular weight excluding hydrogens is 436 g/mol. The summed E-state index contributed by atoms with van der Waals surface area (Å²) < 4.78 is 1.65. The Labute approximate surface area is 197 Å². The van der Waals surface area contributed by atoms with Crippen molar-refractivity contribution in [2.75, 3.05) is 52.9 Å². The molecule has 0 aliphatic carbocycles. The highest BCUT2D eigenvalue weighted by Crippen LogP contribution is 2.28. The first kappa shape index (κ1) is 22.1. The number of rotatable bonds is 5. The molecule has 2 aliphatic heterocycles.